The fraction of sp³-hybridized carbons (Fsp3) is 0.231. The largest absolute Gasteiger partial charge is 0.463 e. The minimum absolute atomic E-state index is 0.0623. The van der Waals surface area contributed by atoms with Gasteiger partial charge in [-0.05, 0) is 48.4 Å². The van der Waals surface area contributed by atoms with Crippen molar-refractivity contribution < 1.29 is 18.7 Å². The first-order valence-corrected chi connectivity index (χ1v) is 11.2. The first-order chi connectivity index (χ1) is 17.1. The van der Waals surface area contributed by atoms with Crippen LogP contribution < -0.4 is 10.2 Å². The maximum atomic E-state index is 13.7. The van der Waals surface area contributed by atoms with Crippen molar-refractivity contribution in [3.63, 3.8) is 0 Å². The number of hydrogen-bond acceptors (Lipinski definition) is 8. The third-order valence-electron chi connectivity index (χ3n) is 5.32. The maximum absolute atomic E-state index is 13.7. The molecule has 35 heavy (non-hydrogen) atoms. The SMILES string of the molecule is CCOC(=O)C=Cc1cccc(-c2cnc(Nc3ccc(F)c(C#N)c3)nc2N2CCOCC2)c1. The maximum Gasteiger partial charge on any atom is 0.330 e. The van der Waals surface area contributed by atoms with Gasteiger partial charge in [0.15, 0.2) is 0 Å². The Labute approximate surface area is 202 Å². The quantitative estimate of drug-likeness (QED) is 0.400. The topological polar surface area (TPSA) is 100 Å². The molecule has 0 radical (unpaired) electrons. The zero-order valence-corrected chi connectivity index (χ0v) is 19.2. The van der Waals surface area contributed by atoms with E-state index in [1.807, 2.05) is 30.3 Å². The molecule has 9 heteroatoms. The first-order valence-electron chi connectivity index (χ1n) is 11.2. The number of morpholine rings is 1. The summed E-state index contributed by atoms with van der Waals surface area (Å²) in [5.74, 6) is 0.0651. The van der Waals surface area contributed by atoms with Crippen LogP contribution in [0.5, 0.6) is 0 Å². The minimum atomic E-state index is -0.583. The number of rotatable bonds is 7. The predicted molar refractivity (Wildman–Crippen MR) is 131 cm³/mol. The number of hydrogen-bond donors (Lipinski definition) is 1. The second-order valence-corrected chi connectivity index (χ2v) is 7.67. The molecule has 0 atom stereocenters. The van der Waals surface area contributed by atoms with Crippen molar-refractivity contribution >= 4 is 29.5 Å². The summed E-state index contributed by atoms with van der Waals surface area (Å²) in [4.78, 5) is 23.0. The number of nitrogens with zero attached hydrogens (tertiary/aromatic N) is 4. The summed E-state index contributed by atoms with van der Waals surface area (Å²) in [6.07, 6.45) is 4.82. The van der Waals surface area contributed by atoms with Crippen molar-refractivity contribution in [1.82, 2.24) is 9.97 Å². The number of benzene rings is 2. The van der Waals surface area contributed by atoms with E-state index >= 15 is 0 Å². The molecule has 1 aliphatic rings. The second kappa shape index (κ2) is 11.2. The summed E-state index contributed by atoms with van der Waals surface area (Å²) in [6.45, 7) is 4.58. The zero-order valence-electron chi connectivity index (χ0n) is 19.2. The van der Waals surface area contributed by atoms with E-state index in [2.05, 4.69) is 15.2 Å². The van der Waals surface area contributed by atoms with Gasteiger partial charge in [-0.2, -0.15) is 10.2 Å². The number of carbonyl (C=O) groups excluding carboxylic acids is 1. The van der Waals surface area contributed by atoms with E-state index < -0.39 is 11.8 Å². The molecule has 1 N–H and O–H groups in total. The summed E-state index contributed by atoms with van der Waals surface area (Å²) < 4.78 is 24.1. The zero-order chi connectivity index (χ0) is 24.6. The van der Waals surface area contributed by atoms with Gasteiger partial charge >= 0.3 is 5.97 Å². The van der Waals surface area contributed by atoms with Crippen LogP contribution in [0.4, 0.5) is 21.8 Å². The summed E-state index contributed by atoms with van der Waals surface area (Å²) in [7, 11) is 0. The predicted octanol–water partition coefficient (Wildman–Crippen LogP) is 4.31. The van der Waals surface area contributed by atoms with E-state index in [0.29, 0.717) is 44.5 Å². The van der Waals surface area contributed by atoms with Gasteiger partial charge in [0.2, 0.25) is 5.95 Å². The van der Waals surface area contributed by atoms with Gasteiger partial charge in [-0.3, -0.25) is 0 Å². The van der Waals surface area contributed by atoms with Crippen LogP contribution in [0.15, 0.2) is 54.7 Å². The van der Waals surface area contributed by atoms with Gasteiger partial charge in [0.25, 0.3) is 0 Å². The van der Waals surface area contributed by atoms with Crippen LogP contribution in [0.25, 0.3) is 17.2 Å². The monoisotopic (exact) mass is 473 g/mol. The van der Waals surface area contributed by atoms with Gasteiger partial charge in [-0.15, -0.1) is 0 Å². The van der Waals surface area contributed by atoms with Gasteiger partial charge in [0, 0.05) is 36.6 Å². The van der Waals surface area contributed by atoms with E-state index in [0.717, 1.165) is 22.5 Å². The molecule has 1 aromatic heterocycles. The summed E-state index contributed by atoms with van der Waals surface area (Å²) >= 11 is 0. The van der Waals surface area contributed by atoms with Crippen molar-refractivity contribution in [2.24, 2.45) is 0 Å². The fourth-order valence-corrected chi connectivity index (χ4v) is 3.64. The minimum Gasteiger partial charge on any atom is -0.463 e. The lowest BCUT2D eigenvalue weighted by atomic mass is 10.0. The van der Waals surface area contributed by atoms with Crippen molar-refractivity contribution in [3.05, 3.63) is 71.7 Å². The Bertz CT molecular complexity index is 1280. The average molecular weight is 474 g/mol. The van der Waals surface area contributed by atoms with Gasteiger partial charge < -0.3 is 19.7 Å². The Morgan fingerprint density at radius 1 is 1.29 bits per heavy atom. The molecule has 0 unspecified atom stereocenters. The Morgan fingerprint density at radius 2 is 2.11 bits per heavy atom. The number of anilines is 3. The lowest BCUT2D eigenvalue weighted by Gasteiger charge is -2.29. The fourth-order valence-electron chi connectivity index (χ4n) is 3.64. The smallest absolute Gasteiger partial charge is 0.330 e. The Kier molecular flexibility index (Phi) is 7.65. The second-order valence-electron chi connectivity index (χ2n) is 7.67. The molecule has 2 heterocycles. The normalized spacial score (nSPS) is 13.5. The summed E-state index contributed by atoms with van der Waals surface area (Å²) in [5, 5.41) is 12.2. The Morgan fingerprint density at radius 3 is 2.89 bits per heavy atom. The molecule has 2 aromatic carbocycles. The molecule has 3 aromatic rings. The third-order valence-corrected chi connectivity index (χ3v) is 5.32. The van der Waals surface area contributed by atoms with Crippen LogP contribution in [0.1, 0.15) is 18.1 Å². The van der Waals surface area contributed by atoms with Crippen molar-refractivity contribution in [2.75, 3.05) is 43.1 Å². The van der Waals surface area contributed by atoms with Gasteiger partial charge in [0.1, 0.15) is 17.7 Å². The number of nitrogens with one attached hydrogen (secondary N) is 1. The molecule has 178 valence electrons. The van der Waals surface area contributed by atoms with Crippen molar-refractivity contribution in [3.8, 4) is 17.2 Å². The molecule has 0 bridgehead atoms. The lowest BCUT2D eigenvalue weighted by molar-refractivity contribution is -0.137. The van der Waals surface area contributed by atoms with Crippen molar-refractivity contribution in [2.45, 2.75) is 6.92 Å². The molecule has 1 aliphatic heterocycles. The molecule has 8 nitrogen and oxygen atoms in total. The molecule has 0 amide bonds. The number of esters is 1. The molecule has 1 fully saturated rings. The Balaban J connectivity index is 1.67. The van der Waals surface area contributed by atoms with Crippen molar-refractivity contribution in [1.29, 1.82) is 5.26 Å². The highest BCUT2D eigenvalue weighted by atomic mass is 19.1. The van der Waals surface area contributed by atoms with Gasteiger partial charge in [-0.25, -0.2) is 14.2 Å². The number of aromatic nitrogens is 2. The third kappa shape index (κ3) is 5.99. The number of nitriles is 1. The highest BCUT2D eigenvalue weighted by Gasteiger charge is 2.19. The molecule has 0 aliphatic carbocycles. The van der Waals surface area contributed by atoms with E-state index in [1.54, 1.807) is 19.2 Å². The number of carbonyl (C=O) groups is 1. The molecular weight excluding hydrogens is 449 g/mol. The average Bonchev–Trinajstić information content (AvgIpc) is 2.89. The highest BCUT2D eigenvalue weighted by Crippen LogP contribution is 2.31. The van der Waals surface area contributed by atoms with Crippen LogP contribution in [-0.2, 0) is 14.3 Å². The van der Waals surface area contributed by atoms with Crippen LogP contribution in [-0.4, -0.2) is 48.8 Å². The lowest BCUT2D eigenvalue weighted by Crippen LogP contribution is -2.37. The molecule has 1 saturated heterocycles. The summed E-state index contributed by atoms with van der Waals surface area (Å²) in [5.41, 5.74) is 2.99. The van der Waals surface area contributed by atoms with Crippen LogP contribution in [0.2, 0.25) is 0 Å². The molecule has 0 saturated carbocycles. The molecule has 0 spiro atoms. The van der Waals surface area contributed by atoms with Crippen LogP contribution >= 0.6 is 0 Å². The molecular formula is C26H24FN5O3. The number of halogens is 1. The van der Waals surface area contributed by atoms with E-state index in [9.17, 15) is 9.18 Å². The Hall–Kier alpha value is -4.29. The van der Waals surface area contributed by atoms with E-state index in [1.165, 1.54) is 24.3 Å². The number of ether oxygens (including phenoxy) is 2. The van der Waals surface area contributed by atoms with E-state index in [-0.39, 0.29) is 5.56 Å². The van der Waals surface area contributed by atoms with Crippen LogP contribution in [0, 0.1) is 17.1 Å². The highest BCUT2D eigenvalue weighted by molar-refractivity contribution is 5.87. The van der Waals surface area contributed by atoms with Gasteiger partial charge in [0.05, 0.1) is 25.4 Å². The first kappa shape index (κ1) is 23.9. The standard InChI is InChI=1S/C26H24FN5O3/c1-2-35-24(33)9-6-18-4-3-5-19(14-18)22-17-29-26(31-25(22)32-10-12-34-13-11-32)30-21-7-8-23(27)20(15-21)16-28/h3-9,14-15,17H,2,10-13H2,1H3,(H,29,30,31). The summed E-state index contributed by atoms with van der Waals surface area (Å²) in [6, 6.07) is 13.7. The van der Waals surface area contributed by atoms with E-state index in [4.69, 9.17) is 19.7 Å². The van der Waals surface area contributed by atoms with Gasteiger partial charge in [-0.1, -0.05) is 18.2 Å². The van der Waals surface area contributed by atoms with Crippen LogP contribution in [0.3, 0.4) is 0 Å². The molecule has 4 rings (SSSR count).